The number of hydrogen-bond acceptors (Lipinski definition) is 5. The van der Waals surface area contributed by atoms with Crippen LogP contribution in [0.2, 0.25) is 0 Å². The molecular weight excluding hydrogens is 198 g/mol. The molecule has 0 bridgehead atoms. The van der Waals surface area contributed by atoms with Crippen molar-refractivity contribution in [2.75, 3.05) is 11.1 Å². The fraction of sp³-hybridized carbons (Fsp3) is 0.143. The molecule has 0 fully saturated rings. The summed E-state index contributed by atoms with van der Waals surface area (Å²) < 4.78 is 1.47. The molecule has 78 valence electrons. The van der Waals surface area contributed by atoms with E-state index in [1.165, 1.54) is 17.1 Å². The molecule has 8 heteroatoms. The highest BCUT2D eigenvalue weighted by atomic mass is 16.2. The van der Waals surface area contributed by atoms with Crippen molar-refractivity contribution in [3.8, 4) is 0 Å². The summed E-state index contributed by atoms with van der Waals surface area (Å²) in [7, 11) is 1.68. The lowest BCUT2D eigenvalue weighted by atomic mass is 10.4. The smallest absolute Gasteiger partial charge is 0.279 e. The van der Waals surface area contributed by atoms with Crippen molar-refractivity contribution in [3.05, 3.63) is 18.1 Å². The highest BCUT2D eigenvalue weighted by Gasteiger charge is 2.13. The Hall–Kier alpha value is -2.38. The molecule has 4 N–H and O–H groups in total. The van der Waals surface area contributed by atoms with Gasteiger partial charge in [-0.25, -0.2) is 0 Å². The van der Waals surface area contributed by atoms with E-state index < -0.39 is 0 Å². The van der Waals surface area contributed by atoms with E-state index in [1.807, 2.05) is 0 Å². The summed E-state index contributed by atoms with van der Waals surface area (Å²) in [5, 5.41) is 16.0. The zero-order valence-electron chi connectivity index (χ0n) is 7.93. The van der Waals surface area contributed by atoms with E-state index in [1.54, 1.807) is 7.05 Å². The van der Waals surface area contributed by atoms with Gasteiger partial charge < -0.3 is 11.1 Å². The predicted molar refractivity (Wildman–Crippen MR) is 52.0 cm³/mol. The number of nitrogens with two attached hydrogens (primary N) is 1. The number of carbonyl (C=O) groups excluding carboxylic acids is 1. The van der Waals surface area contributed by atoms with Gasteiger partial charge in [-0.1, -0.05) is 0 Å². The van der Waals surface area contributed by atoms with Crippen molar-refractivity contribution in [3.63, 3.8) is 0 Å². The van der Waals surface area contributed by atoms with Crippen LogP contribution in [0.15, 0.2) is 12.4 Å². The van der Waals surface area contributed by atoms with E-state index in [9.17, 15) is 4.79 Å². The molecule has 2 rings (SSSR count). The molecule has 0 atom stereocenters. The first-order valence-electron chi connectivity index (χ1n) is 4.13. The molecule has 2 heterocycles. The molecule has 2 aromatic heterocycles. The summed E-state index contributed by atoms with van der Waals surface area (Å²) in [5.74, 6) is 0.0436. The molecular formula is C7H9N7O. The first-order chi connectivity index (χ1) is 7.18. The Morgan fingerprint density at radius 2 is 2.40 bits per heavy atom. The quantitative estimate of drug-likeness (QED) is 0.606. The van der Waals surface area contributed by atoms with Gasteiger partial charge in [0.1, 0.15) is 0 Å². The van der Waals surface area contributed by atoms with Crippen LogP contribution in [0.1, 0.15) is 10.5 Å². The molecule has 2 aromatic rings. The van der Waals surface area contributed by atoms with Gasteiger partial charge >= 0.3 is 0 Å². The maximum absolute atomic E-state index is 11.5. The molecule has 0 aliphatic rings. The van der Waals surface area contributed by atoms with Crippen LogP contribution >= 0.6 is 0 Å². The molecule has 0 saturated carbocycles. The molecule has 0 aromatic carbocycles. The first kappa shape index (κ1) is 9.19. The minimum absolute atomic E-state index is 0.190. The van der Waals surface area contributed by atoms with Crippen LogP contribution in [0.4, 0.5) is 11.5 Å². The van der Waals surface area contributed by atoms with Crippen molar-refractivity contribution in [1.82, 2.24) is 25.2 Å². The van der Waals surface area contributed by atoms with Gasteiger partial charge in [-0.15, -0.1) is 0 Å². The van der Waals surface area contributed by atoms with Crippen molar-refractivity contribution in [1.29, 1.82) is 0 Å². The number of nitrogens with one attached hydrogen (secondary N) is 2. The van der Waals surface area contributed by atoms with E-state index in [-0.39, 0.29) is 11.6 Å². The highest BCUT2D eigenvalue weighted by Crippen LogP contribution is 2.16. The van der Waals surface area contributed by atoms with Crippen molar-refractivity contribution >= 4 is 17.4 Å². The number of aryl methyl sites for hydroxylation is 1. The third kappa shape index (κ3) is 1.64. The van der Waals surface area contributed by atoms with Gasteiger partial charge in [-0.05, 0) is 0 Å². The molecule has 8 nitrogen and oxygen atoms in total. The average Bonchev–Trinajstić information content (AvgIpc) is 2.82. The number of hydrogen-bond donors (Lipinski definition) is 3. The number of nitrogen functional groups attached to an aromatic ring is 1. The summed E-state index contributed by atoms with van der Waals surface area (Å²) in [5.41, 5.74) is 6.19. The van der Waals surface area contributed by atoms with Crippen molar-refractivity contribution < 1.29 is 4.79 Å². The summed E-state index contributed by atoms with van der Waals surface area (Å²) in [4.78, 5) is 11.5. The number of carbonyl (C=O) groups is 1. The summed E-state index contributed by atoms with van der Waals surface area (Å²) in [6.45, 7) is 0. The number of anilines is 2. The van der Waals surface area contributed by atoms with Gasteiger partial charge in [-0.3, -0.25) is 9.48 Å². The third-order valence-electron chi connectivity index (χ3n) is 1.85. The number of rotatable bonds is 2. The standard InChI is InChI=1S/C7H9N7O/c1-14-6(4(8)2-10-14)11-7(15)5-3-9-13-12-5/h2-3H,8H2,1H3,(H,11,15)(H,9,12,13). The van der Waals surface area contributed by atoms with Gasteiger partial charge in [0, 0.05) is 7.05 Å². The van der Waals surface area contributed by atoms with Crippen molar-refractivity contribution in [2.45, 2.75) is 0 Å². The molecule has 0 saturated heterocycles. The van der Waals surface area contributed by atoms with Gasteiger partial charge in [0.2, 0.25) is 0 Å². The molecule has 0 aliphatic heterocycles. The van der Waals surface area contributed by atoms with Gasteiger partial charge in [0.15, 0.2) is 11.5 Å². The van der Waals surface area contributed by atoms with E-state index in [0.717, 1.165) is 0 Å². The highest BCUT2D eigenvalue weighted by molar-refractivity contribution is 6.03. The van der Waals surface area contributed by atoms with E-state index >= 15 is 0 Å². The lowest BCUT2D eigenvalue weighted by Crippen LogP contribution is -2.16. The monoisotopic (exact) mass is 207 g/mol. The Bertz CT molecular complexity index is 452. The van der Waals surface area contributed by atoms with Crippen LogP contribution in [0.3, 0.4) is 0 Å². The van der Waals surface area contributed by atoms with E-state index in [0.29, 0.717) is 11.5 Å². The van der Waals surface area contributed by atoms with Crippen LogP contribution in [0.25, 0.3) is 0 Å². The van der Waals surface area contributed by atoms with Gasteiger partial charge in [0.05, 0.1) is 18.1 Å². The first-order valence-corrected chi connectivity index (χ1v) is 4.13. The molecule has 0 spiro atoms. The predicted octanol–water partition coefficient (Wildman–Crippen LogP) is -0.627. The Labute approximate surface area is 84.5 Å². The lowest BCUT2D eigenvalue weighted by molar-refractivity contribution is 0.102. The molecule has 0 unspecified atom stereocenters. The minimum Gasteiger partial charge on any atom is -0.394 e. The Morgan fingerprint density at radius 3 is 2.93 bits per heavy atom. The summed E-state index contributed by atoms with van der Waals surface area (Å²) in [6, 6.07) is 0. The third-order valence-corrected chi connectivity index (χ3v) is 1.85. The minimum atomic E-state index is -0.390. The summed E-state index contributed by atoms with van der Waals surface area (Å²) in [6.07, 6.45) is 2.78. The topological polar surface area (TPSA) is 115 Å². The summed E-state index contributed by atoms with van der Waals surface area (Å²) >= 11 is 0. The van der Waals surface area contributed by atoms with Crippen LogP contribution in [0.5, 0.6) is 0 Å². The maximum Gasteiger partial charge on any atom is 0.279 e. The van der Waals surface area contributed by atoms with Crippen LogP contribution in [0, 0.1) is 0 Å². The average molecular weight is 207 g/mol. The fourth-order valence-electron chi connectivity index (χ4n) is 1.09. The van der Waals surface area contributed by atoms with Crippen LogP contribution < -0.4 is 11.1 Å². The zero-order valence-corrected chi connectivity index (χ0v) is 7.93. The van der Waals surface area contributed by atoms with E-state index in [4.69, 9.17) is 5.73 Å². The van der Waals surface area contributed by atoms with E-state index in [2.05, 4.69) is 25.8 Å². The molecule has 0 aliphatic carbocycles. The number of nitrogens with zero attached hydrogens (tertiary/aromatic N) is 4. The Kier molecular flexibility index (Phi) is 2.08. The second kappa shape index (κ2) is 3.40. The second-order valence-electron chi connectivity index (χ2n) is 2.88. The Balaban J connectivity index is 2.20. The lowest BCUT2D eigenvalue weighted by Gasteiger charge is -2.03. The molecule has 15 heavy (non-hydrogen) atoms. The van der Waals surface area contributed by atoms with Crippen LogP contribution in [-0.2, 0) is 7.05 Å². The Morgan fingerprint density at radius 1 is 1.60 bits per heavy atom. The van der Waals surface area contributed by atoms with Gasteiger partial charge in [-0.2, -0.15) is 20.5 Å². The van der Waals surface area contributed by atoms with Gasteiger partial charge in [0.25, 0.3) is 5.91 Å². The molecule has 0 radical (unpaired) electrons. The largest absolute Gasteiger partial charge is 0.394 e. The maximum atomic E-state index is 11.5. The number of H-pyrrole nitrogens is 1. The van der Waals surface area contributed by atoms with Crippen LogP contribution in [-0.4, -0.2) is 31.1 Å². The number of amides is 1. The normalized spacial score (nSPS) is 10.2. The second-order valence-corrected chi connectivity index (χ2v) is 2.88. The zero-order chi connectivity index (χ0) is 10.8. The fourth-order valence-corrected chi connectivity index (χ4v) is 1.09. The number of aromatic nitrogens is 5. The number of aromatic amines is 1. The molecule has 1 amide bonds. The van der Waals surface area contributed by atoms with Crippen molar-refractivity contribution in [2.24, 2.45) is 7.05 Å². The SMILES string of the molecule is Cn1ncc(N)c1NC(=O)c1cn[nH]n1.